The zero-order valence-corrected chi connectivity index (χ0v) is 12.2. The lowest BCUT2D eigenvalue weighted by Gasteiger charge is -2.31. The smallest absolute Gasteiger partial charge is 0.311 e. The van der Waals surface area contributed by atoms with Crippen LogP contribution in [-0.4, -0.2) is 37.0 Å². The predicted octanol–water partition coefficient (Wildman–Crippen LogP) is 1.60. The molecule has 0 bridgehead atoms. The molecular formula is C15H21N3O3. The highest BCUT2D eigenvalue weighted by molar-refractivity contribution is 5.75. The van der Waals surface area contributed by atoms with E-state index in [0.29, 0.717) is 18.1 Å². The summed E-state index contributed by atoms with van der Waals surface area (Å²) < 4.78 is 10.4. The summed E-state index contributed by atoms with van der Waals surface area (Å²) in [7, 11) is 1.59. The highest BCUT2D eigenvalue weighted by Gasteiger charge is 2.22. The van der Waals surface area contributed by atoms with Crippen molar-refractivity contribution >= 4 is 11.9 Å². The standard InChI is InChI=1S/C15H21N3O3/c1-20-12-2-4-13(5-3-12)21-14(19)10-11-6-8-18(9-7-11)15(16)17/h2-5,11H,6-10H2,1H3,(H3,16,17). The lowest BCUT2D eigenvalue weighted by Crippen LogP contribution is -2.42. The van der Waals surface area contributed by atoms with Gasteiger partial charge in [0.1, 0.15) is 11.5 Å². The van der Waals surface area contributed by atoms with Gasteiger partial charge in [0, 0.05) is 19.5 Å². The second-order valence-electron chi connectivity index (χ2n) is 5.17. The quantitative estimate of drug-likeness (QED) is 0.381. The van der Waals surface area contributed by atoms with Crippen LogP contribution in [0.3, 0.4) is 0 Å². The van der Waals surface area contributed by atoms with Crippen molar-refractivity contribution in [1.82, 2.24) is 4.90 Å². The number of methoxy groups -OCH3 is 1. The average molecular weight is 291 g/mol. The third kappa shape index (κ3) is 4.37. The number of hydrogen-bond donors (Lipinski definition) is 2. The largest absolute Gasteiger partial charge is 0.497 e. The summed E-state index contributed by atoms with van der Waals surface area (Å²) in [6, 6.07) is 6.95. The highest BCUT2D eigenvalue weighted by Crippen LogP contribution is 2.22. The van der Waals surface area contributed by atoms with E-state index in [1.807, 2.05) is 4.90 Å². The molecule has 3 N–H and O–H groups in total. The summed E-state index contributed by atoms with van der Waals surface area (Å²) in [6.45, 7) is 1.46. The number of rotatable bonds is 4. The minimum atomic E-state index is -0.221. The van der Waals surface area contributed by atoms with Gasteiger partial charge in [-0.25, -0.2) is 0 Å². The van der Waals surface area contributed by atoms with Gasteiger partial charge in [-0.2, -0.15) is 0 Å². The minimum absolute atomic E-state index is 0.106. The van der Waals surface area contributed by atoms with Crippen molar-refractivity contribution in [1.29, 1.82) is 5.41 Å². The summed E-state index contributed by atoms with van der Waals surface area (Å²) >= 11 is 0. The van der Waals surface area contributed by atoms with Crippen molar-refractivity contribution in [2.24, 2.45) is 11.7 Å². The number of nitrogens with zero attached hydrogens (tertiary/aromatic N) is 1. The zero-order chi connectivity index (χ0) is 15.2. The topological polar surface area (TPSA) is 88.6 Å². The van der Waals surface area contributed by atoms with Gasteiger partial charge in [0.15, 0.2) is 5.96 Å². The number of guanidine groups is 1. The van der Waals surface area contributed by atoms with Crippen LogP contribution >= 0.6 is 0 Å². The molecule has 1 aliphatic heterocycles. The van der Waals surface area contributed by atoms with E-state index in [1.165, 1.54) is 0 Å². The number of likely N-dealkylation sites (tertiary alicyclic amines) is 1. The molecule has 0 amide bonds. The molecule has 0 aliphatic carbocycles. The van der Waals surface area contributed by atoms with Gasteiger partial charge in [-0.1, -0.05) is 0 Å². The van der Waals surface area contributed by atoms with Crippen LogP contribution in [0.15, 0.2) is 24.3 Å². The number of esters is 1. The molecule has 6 heteroatoms. The SMILES string of the molecule is COc1ccc(OC(=O)CC2CCN(C(=N)N)CC2)cc1. The first-order valence-corrected chi connectivity index (χ1v) is 7.02. The Bertz CT molecular complexity index is 493. The number of benzene rings is 1. The number of carbonyl (C=O) groups is 1. The molecule has 1 saturated heterocycles. The van der Waals surface area contributed by atoms with E-state index in [-0.39, 0.29) is 11.9 Å². The number of carbonyl (C=O) groups excluding carboxylic acids is 1. The minimum Gasteiger partial charge on any atom is -0.497 e. The molecule has 2 rings (SSSR count). The Morgan fingerprint density at radius 2 is 1.86 bits per heavy atom. The van der Waals surface area contributed by atoms with Gasteiger partial charge in [-0.3, -0.25) is 10.2 Å². The summed E-state index contributed by atoms with van der Waals surface area (Å²) in [4.78, 5) is 13.7. The van der Waals surface area contributed by atoms with E-state index in [2.05, 4.69) is 0 Å². The van der Waals surface area contributed by atoms with Crippen LogP contribution in [0, 0.1) is 11.3 Å². The average Bonchev–Trinajstić information content (AvgIpc) is 2.48. The fraction of sp³-hybridized carbons (Fsp3) is 0.467. The van der Waals surface area contributed by atoms with E-state index < -0.39 is 0 Å². The van der Waals surface area contributed by atoms with Crippen molar-refractivity contribution in [2.75, 3.05) is 20.2 Å². The Kier molecular flexibility index (Phi) is 5.03. The zero-order valence-electron chi connectivity index (χ0n) is 12.2. The Labute approximate surface area is 124 Å². The molecule has 21 heavy (non-hydrogen) atoms. The number of ether oxygens (including phenoxy) is 2. The van der Waals surface area contributed by atoms with Crippen molar-refractivity contribution in [2.45, 2.75) is 19.3 Å². The summed E-state index contributed by atoms with van der Waals surface area (Å²) in [6.07, 6.45) is 2.12. The maximum absolute atomic E-state index is 11.9. The monoisotopic (exact) mass is 291 g/mol. The van der Waals surface area contributed by atoms with Crippen LogP contribution in [-0.2, 0) is 4.79 Å². The second kappa shape index (κ2) is 6.97. The number of nitrogens with one attached hydrogen (secondary N) is 1. The third-order valence-electron chi connectivity index (χ3n) is 3.70. The highest BCUT2D eigenvalue weighted by atomic mass is 16.5. The van der Waals surface area contributed by atoms with Crippen LogP contribution < -0.4 is 15.2 Å². The van der Waals surface area contributed by atoms with Crippen molar-refractivity contribution < 1.29 is 14.3 Å². The van der Waals surface area contributed by atoms with E-state index in [1.54, 1.807) is 31.4 Å². The van der Waals surface area contributed by atoms with Crippen molar-refractivity contribution in [3.8, 4) is 11.5 Å². The molecule has 1 heterocycles. The Morgan fingerprint density at radius 1 is 1.29 bits per heavy atom. The van der Waals surface area contributed by atoms with Gasteiger partial charge >= 0.3 is 5.97 Å². The van der Waals surface area contributed by atoms with E-state index >= 15 is 0 Å². The predicted molar refractivity (Wildman–Crippen MR) is 79.5 cm³/mol. The van der Waals surface area contributed by atoms with Gasteiger partial charge in [-0.15, -0.1) is 0 Å². The van der Waals surface area contributed by atoms with Crippen LogP contribution in [0.2, 0.25) is 0 Å². The number of hydrogen-bond acceptors (Lipinski definition) is 4. The van der Waals surface area contributed by atoms with Gasteiger partial charge in [-0.05, 0) is 43.0 Å². The van der Waals surface area contributed by atoms with E-state index in [4.69, 9.17) is 20.6 Å². The molecule has 6 nitrogen and oxygen atoms in total. The van der Waals surface area contributed by atoms with Crippen LogP contribution in [0.1, 0.15) is 19.3 Å². The lowest BCUT2D eigenvalue weighted by molar-refractivity contribution is -0.135. The molecule has 0 radical (unpaired) electrons. The Morgan fingerprint density at radius 3 is 2.38 bits per heavy atom. The molecule has 0 aromatic heterocycles. The molecular weight excluding hydrogens is 270 g/mol. The molecule has 1 fully saturated rings. The number of nitrogens with two attached hydrogens (primary N) is 1. The molecule has 1 aromatic rings. The third-order valence-corrected chi connectivity index (χ3v) is 3.70. The fourth-order valence-electron chi connectivity index (χ4n) is 2.43. The first-order chi connectivity index (χ1) is 10.1. The Balaban J connectivity index is 1.78. The molecule has 0 unspecified atom stereocenters. The molecule has 0 spiro atoms. The van der Waals surface area contributed by atoms with E-state index in [9.17, 15) is 4.79 Å². The number of piperidine rings is 1. The van der Waals surface area contributed by atoms with Gasteiger partial charge in [0.25, 0.3) is 0 Å². The van der Waals surface area contributed by atoms with Crippen LogP contribution in [0.4, 0.5) is 0 Å². The summed E-state index contributed by atoms with van der Waals surface area (Å²) in [5, 5.41) is 7.38. The summed E-state index contributed by atoms with van der Waals surface area (Å²) in [5.41, 5.74) is 5.45. The van der Waals surface area contributed by atoms with Gasteiger partial charge in [0.2, 0.25) is 0 Å². The maximum atomic E-state index is 11.9. The summed E-state index contributed by atoms with van der Waals surface area (Å²) in [5.74, 6) is 1.44. The first kappa shape index (κ1) is 15.2. The van der Waals surface area contributed by atoms with Crippen LogP contribution in [0.25, 0.3) is 0 Å². The van der Waals surface area contributed by atoms with Crippen LogP contribution in [0.5, 0.6) is 11.5 Å². The molecule has 114 valence electrons. The van der Waals surface area contributed by atoms with E-state index in [0.717, 1.165) is 31.7 Å². The fourth-order valence-corrected chi connectivity index (χ4v) is 2.43. The molecule has 1 aliphatic rings. The molecule has 1 aromatic carbocycles. The van der Waals surface area contributed by atoms with Gasteiger partial charge < -0.3 is 20.1 Å². The van der Waals surface area contributed by atoms with Gasteiger partial charge in [0.05, 0.1) is 7.11 Å². The normalized spacial score (nSPS) is 15.6. The first-order valence-electron chi connectivity index (χ1n) is 7.02. The maximum Gasteiger partial charge on any atom is 0.311 e. The van der Waals surface area contributed by atoms with Crippen molar-refractivity contribution in [3.63, 3.8) is 0 Å². The molecule has 0 atom stereocenters. The second-order valence-corrected chi connectivity index (χ2v) is 5.17. The Hall–Kier alpha value is -2.24. The lowest BCUT2D eigenvalue weighted by atomic mass is 9.94. The molecule has 0 saturated carbocycles. The van der Waals surface area contributed by atoms with Crippen molar-refractivity contribution in [3.05, 3.63) is 24.3 Å².